The molecule has 29 heavy (non-hydrogen) atoms. The Hall–Kier alpha value is -3.59. The standard InChI is InChI=1S/C20H19N3O6/c24-10-14(8-13-4-2-1-3-5-13)21-19(25)20-22-18(23-29-20)11-26-15-6-7-16-17(9-15)28-12-27-16/h1-7,9,14,24H,8,10-12H2,(H,21,25). The summed E-state index contributed by atoms with van der Waals surface area (Å²) in [4.78, 5) is 16.4. The lowest BCUT2D eigenvalue weighted by Gasteiger charge is -2.14. The van der Waals surface area contributed by atoms with Crippen LogP contribution in [-0.4, -0.2) is 40.6 Å². The number of hydrogen-bond acceptors (Lipinski definition) is 8. The van der Waals surface area contributed by atoms with E-state index in [9.17, 15) is 9.90 Å². The average molecular weight is 397 g/mol. The molecule has 0 aliphatic carbocycles. The maximum Gasteiger partial charge on any atom is 0.316 e. The van der Waals surface area contributed by atoms with Gasteiger partial charge >= 0.3 is 11.8 Å². The second-order valence-electron chi connectivity index (χ2n) is 6.36. The van der Waals surface area contributed by atoms with Crippen molar-refractivity contribution in [1.82, 2.24) is 15.5 Å². The first-order valence-electron chi connectivity index (χ1n) is 9.02. The SMILES string of the molecule is O=C(NC(CO)Cc1ccccc1)c1nc(COc2ccc3c(c2)OCO3)no1. The van der Waals surface area contributed by atoms with Gasteiger partial charge in [0.15, 0.2) is 18.1 Å². The smallest absolute Gasteiger partial charge is 0.316 e. The lowest BCUT2D eigenvalue weighted by atomic mass is 10.1. The summed E-state index contributed by atoms with van der Waals surface area (Å²) in [7, 11) is 0. The molecule has 1 unspecified atom stereocenters. The third-order valence-corrected chi connectivity index (χ3v) is 4.25. The number of nitrogens with one attached hydrogen (secondary N) is 1. The minimum absolute atomic E-state index is 0.0177. The third-order valence-electron chi connectivity index (χ3n) is 4.25. The molecule has 9 nitrogen and oxygen atoms in total. The van der Waals surface area contributed by atoms with Crippen LogP contribution in [0, 0.1) is 0 Å². The van der Waals surface area contributed by atoms with E-state index in [1.165, 1.54) is 0 Å². The number of aliphatic hydroxyl groups is 1. The summed E-state index contributed by atoms with van der Waals surface area (Å²) in [5, 5.41) is 16.0. The first kappa shape index (κ1) is 18.8. The highest BCUT2D eigenvalue weighted by Crippen LogP contribution is 2.35. The van der Waals surface area contributed by atoms with Gasteiger partial charge in [-0.15, -0.1) is 0 Å². The molecule has 2 heterocycles. The van der Waals surface area contributed by atoms with Gasteiger partial charge in [-0.05, 0) is 24.1 Å². The zero-order valence-corrected chi connectivity index (χ0v) is 15.4. The summed E-state index contributed by atoms with van der Waals surface area (Å²) >= 11 is 0. The fourth-order valence-corrected chi connectivity index (χ4v) is 2.83. The first-order valence-corrected chi connectivity index (χ1v) is 9.02. The Kier molecular flexibility index (Phi) is 5.57. The summed E-state index contributed by atoms with van der Waals surface area (Å²) in [5.41, 5.74) is 0.996. The number of aliphatic hydroxyl groups excluding tert-OH is 1. The van der Waals surface area contributed by atoms with Crippen LogP contribution in [0.3, 0.4) is 0 Å². The van der Waals surface area contributed by atoms with Crippen molar-refractivity contribution < 1.29 is 28.6 Å². The highest BCUT2D eigenvalue weighted by atomic mass is 16.7. The maximum absolute atomic E-state index is 12.3. The molecule has 1 atom stereocenters. The Labute approximate surface area is 166 Å². The lowest BCUT2D eigenvalue weighted by Crippen LogP contribution is -2.39. The number of ether oxygens (including phenoxy) is 3. The molecule has 1 aliphatic rings. The van der Waals surface area contributed by atoms with Gasteiger partial charge in [0.1, 0.15) is 5.75 Å². The van der Waals surface area contributed by atoms with E-state index >= 15 is 0 Å². The molecular formula is C20H19N3O6. The van der Waals surface area contributed by atoms with Crippen LogP contribution < -0.4 is 19.5 Å². The molecule has 1 aliphatic heterocycles. The molecule has 2 N–H and O–H groups in total. The summed E-state index contributed by atoms with van der Waals surface area (Å²) in [6.45, 7) is -0.0140. The van der Waals surface area contributed by atoms with E-state index in [2.05, 4.69) is 15.5 Å². The summed E-state index contributed by atoms with van der Waals surface area (Å²) in [6.07, 6.45) is 0.483. The van der Waals surface area contributed by atoms with Crippen LogP contribution in [0.15, 0.2) is 53.1 Å². The van der Waals surface area contributed by atoms with E-state index in [1.54, 1.807) is 18.2 Å². The molecule has 0 fully saturated rings. The highest BCUT2D eigenvalue weighted by molar-refractivity contribution is 5.89. The van der Waals surface area contributed by atoms with E-state index < -0.39 is 11.9 Å². The van der Waals surface area contributed by atoms with Gasteiger partial charge in [0.05, 0.1) is 12.6 Å². The predicted molar refractivity (Wildman–Crippen MR) is 99.7 cm³/mol. The number of carbonyl (C=O) groups excluding carboxylic acids is 1. The number of aromatic nitrogens is 2. The maximum atomic E-state index is 12.3. The van der Waals surface area contributed by atoms with Gasteiger partial charge in [-0.3, -0.25) is 4.79 Å². The topological polar surface area (TPSA) is 116 Å². The molecule has 3 aromatic rings. The summed E-state index contributed by atoms with van der Waals surface area (Å²) in [5.74, 6) is 1.28. The molecule has 0 bridgehead atoms. The number of hydrogen-bond donors (Lipinski definition) is 2. The third kappa shape index (κ3) is 4.64. The van der Waals surface area contributed by atoms with Crippen molar-refractivity contribution in [3.63, 3.8) is 0 Å². The minimum Gasteiger partial charge on any atom is -0.485 e. The van der Waals surface area contributed by atoms with Gasteiger partial charge < -0.3 is 29.2 Å². The first-order chi connectivity index (χ1) is 14.2. The number of rotatable bonds is 8. The Morgan fingerprint density at radius 1 is 1.17 bits per heavy atom. The molecule has 2 aromatic carbocycles. The molecule has 150 valence electrons. The van der Waals surface area contributed by atoms with Gasteiger partial charge in [0, 0.05) is 6.07 Å². The van der Waals surface area contributed by atoms with Crippen molar-refractivity contribution in [2.24, 2.45) is 0 Å². The quantitative estimate of drug-likeness (QED) is 0.590. The van der Waals surface area contributed by atoms with E-state index in [-0.39, 0.29) is 31.7 Å². The van der Waals surface area contributed by atoms with Crippen LogP contribution >= 0.6 is 0 Å². The number of nitrogens with zero attached hydrogens (tertiary/aromatic N) is 2. The second-order valence-corrected chi connectivity index (χ2v) is 6.36. The number of carbonyl (C=O) groups is 1. The largest absolute Gasteiger partial charge is 0.485 e. The van der Waals surface area contributed by atoms with Crippen molar-refractivity contribution in [2.45, 2.75) is 19.1 Å². The zero-order valence-electron chi connectivity index (χ0n) is 15.4. The second kappa shape index (κ2) is 8.61. The van der Waals surface area contributed by atoms with Gasteiger partial charge in [-0.2, -0.15) is 4.98 Å². The summed E-state index contributed by atoms with van der Waals surface area (Å²) in [6, 6.07) is 14.3. The molecule has 1 aromatic heterocycles. The van der Waals surface area contributed by atoms with Crippen LogP contribution in [0.2, 0.25) is 0 Å². The molecule has 0 saturated heterocycles. The van der Waals surface area contributed by atoms with Crippen LogP contribution in [0.25, 0.3) is 0 Å². The van der Waals surface area contributed by atoms with E-state index in [0.717, 1.165) is 5.56 Å². The Morgan fingerprint density at radius 2 is 2.00 bits per heavy atom. The van der Waals surface area contributed by atoms with Crippen molar-refractivity contribution in [2.75, 3.05) is 13.4 Å². The Morgan fingerprint density at radius 3 is 2.83 bits per heavy atom. The fraction of sp³-hybridized carbons (Fsp3) is 0.250. The zero-order chi connectivity index (χ0) is 20.1. The molecule has 9 heteroatoms. The molecule has 0 saturated carbocycles. The van der Waals surface area contributed by atoms with Crippen LogP contribution in [0.5, 0.6) is 17.2 Å². The van der Waals surface area contributed by atoms with Crippen LogP contribution in [0.4, 0.5) is 0 Å². The van der Waals surface area contributed by atoms with Gasteiger partial charge in [0.2, 0.25) is 12.6 Å². The summed E-state index contributed by atoms with van der Waals surface area (Å²) < 4.78 is 21.1. The van der Waals surface area contributed by atoms with E-state index in [0.29, 0.717) is 23.7 Å². The fourth-order valence-electron chi connectivity index (χ4n) is 2.83. The van der Waals surface area contributed by atoms with Crippen LogP contribution in [-0.2, 0) is 13.0 Å². The van der Waals surface area contributed by atoms with Crippen molar-refractivity contribution in [1.29, 1.82) is 0 Å². The van der Waals surface area contributed by atoms with Gasteiger partial charge in [-0.25, -0.2) is 0 Å². The Balaban J connectivity index is 1.32. The van der Waals surface area contributed by atoms with Gasteiger partial charge in [0.25, 0.3) is 0 Å². The van der Waals surface area contributed by atoms with E-state index in [4.69, 9.17) is 18.7 Å². The highest BCUT2D eigenvalue weighted by Gasteiger charge is 2.20. The van der Waals surface area contributed by atoms with Crippen molar-refractivity contribution in [3.05, 3.63) is 65.8 Å². The number of fused-ring (bicyclic) bond motifs is 1. The molecule has 0 spiro atoms. The molecule has 1 amide bonds. The van der Waals surface area contributed by atoms with Crippen LogP contribution in [0.1, 0.15) is 22.1 Å². The van der Waals surface area contributed by atoms with Crippen molar-refractivity contribution >= 4 is 5.91 Å². The monoisotopic (exact) mass is 397 g/mol. The lowest BCUT2D eigenvalue weighted by molar-refractivity contribution is 0.0872. The minimum atomic E-state index is -0.554. The number of benzene rings is 2. The van der Waals surface area contributed by atoms with Crippen molar-refractivity contribution in [3.8, 4) is 17.2 Å². The molecular weight excluding hydrogens is 378 g/mol. The van der Waals surface area contributed by atoms with Gasteiger partial charge in [-0.1, -0.05) is 35.5 Å². The van der Waals surface area contributed by atoms with E-state index in [1.807, 2.05) is 30.3 Å². The average Bonchev–Trinajstić information content (AvgIpc) is 3.41. The molecule has 0 radical (unpaired) electrons. The number of amides is 1. The normalized spacial score (nSPS) is 13.1. The Bertz CT molecular complexity index is 975. The predicted octanol–water partition coefficient (Wildman–Crippen LogP) is 1.71. The molecule has 4 rings (SSSR count).